The molecule has 0 unspecified atom stereocenters. The molecule has 2 aromatic carbocycles. The minimum absolute atomic E-state index is 0.206. The second kappa shape index (κ2) is 9.68. The number of rotatable bonds is 6. The second-order valence-electron chi connectivity index (χ2n) is 8.33. The zero-order valence-electron chi connectivity index (χ0n) is 18.3. The van der Waals surface area contributed by atoms with Crippen LogP contribution in [0.5, 0.6) is 0 Å². The van der Waals surface area contributed by atoms with Crippen molar-refractivity contribution in [2.24, 2.45) is 0 Å². The fraction of sp³-hybridized carbons (Fsp3) is 0.250. The molecule has 0 atom stereocenters. The minimum atomic E-state index is -0.273. The lowest BCUT2D eigenvalue weighted by molar-refractivity contribution is -0.159. The van der Waals surface area contributed by atoms with Crippen molar-refractivity contribution in [1.82, 2.24) is 14.9 Å². The molecule has 0 spiro atoms. The van der Waals surface area contributed by atoms with E-state index in [1.807, 2.05) is 55.1 Å². The van der Waals surface area contributed by atoms with E-state index in [-0.39, 0.29) is 24.0 Å². The van der Waals surface area contributed by atoms with Gasteiger partial charge in [0.25, 0.3) is 0 Å². The number of anilines is 3. The molecular formula is C24H24BrN5O3. The molecule has 0 radical (unpaired) electrons. The molecule has 1 aliphatic rings. The standard InChI is InChI=1S/C24H24BrN5O3/c1-24(2)14-33-22(32)13-30(24)10-4-7-21(31)28-18-8-9-20-19(12-18)23(27-15-26-20)29-17-6-3-5-16(25)11-17/h3-9,11-12,15H,10,13-14H2,1-2H3,(H,28,31)(H,26,27,29)/b7-4+. The molecular weight excluding hydrogens is 486 g/mol. The third-order valence-electron chi connectivity index (χ3n) is 5.35. The predicted octanol–water partition coefficient (Wildman–Crippen LogP) is 4.27. The molecule has 3 aromatic rings. The highest BCUT2D eigenvalue weighted by Crippen LogP contribution is 2.27. The number of morpholine rings is 1. The van der Waals surface area contributed by atoms with E-state index in [9.17, 15) is 9.59 Å². The normalized spacial score (nSPS) is 16.0. The Labute approximate surface area is 200 Å². The van der Waals surface area contributed by atoms with Gasteiger partial charge in [0.2, 0.25) is 5.91 Å². The molecule has 1 amide bonds. The van der Waals surface area contributed by atoms with E-state index in [4.69, 9.17) is 4.74 Å². The van der Waals surface area contributed by atoms with Crippen molar-refractivity contribution in [3.05, 3.63) is 65.4 Å². The van der Waals surface area contributed by atoms with Gasteiger partial charge < -0.3 is 15.4 Å². The SMILES string of the molecule is CC1(C)COC(=O)CN1C/C=C/C(=O)Nc1ccc2ncnc(Nc3cccc(Br)c3)c2c1. The highest BCUT2D eigenvalue weighted by molar-refractivity contribution is 9.10. The summed E-state index contributed by atoms with van der Waals surface area (Å²) in [5.41, 5.74) is 2.00. The number of aromatic nitrogens is 2. The lowest BCUT2D eigenvalue weighted by Crippen LogP contribution is -2.54. The number of amides is 1. The van der Waals surface area contributed by atoms with Gasteiger partial charge in [0.1, 0.15) is 18.8 Å². The van der Waals surface area contributed by atoms with Crippen LogP contribution >= 0.6 is 15.9 Å². The second-order valence-corrected chi connectivity index (χ2v) is 9.25. The zero-order valence-corrected chi connectivity index (χ0v) is 19.9. The Hall–Kier alpha value is -3.30. The van der Waals surface area contributed by atoms with Crippen LogP contribution in [0.15, 0.2) is 65.4 Å². The third-order valence-corrected chi connectivity index (χ3v) is 5.84. The molecule has 2 heterocycles. The van der Waals surface area contributed by atoms with E-state index < -0.39 is 0 Å². The molecule has 1 fully saturated rings. The predicted molar refractivity (Wildman–Crippen MR) is 131 cm³/mol. The number of halogens is 1. The van der Waals surface area contributed by atoms with Crippen molar-refractivity contribution >= 4 is 55.9 Å². The largest absolute Gasteiger partial charge is 0.463 e. The Bertz CT molecular complexity index is 1230. The molecule has 170 valence electrons. The number of nitrogens with zero attached hydrogens (tertiary/aromatic N) is 3. The van der Waals surface area contributed by atoms with E-state index in [1.54, 1.807) is 12.1 Å². The third kappa shape index (κ3) is 5.74. The summed E-state index contributed by atoms with van der Waals surface area (Å²) in [6.45, 7) is 5.02. The minimum Gasteiger partial charge on any atom is -0.463 e. The Morgan fingerprint density at radius 3 is 2.88 bits per heavy atom. The van der Waals surface area contributed by atoms with Gasteiger partial charge in [-0.3, -0.25) is 14.5 Å². The van der Waals surface area contributed by atoms with Gasteiger partial charge in [0.15, 0.2) is 0 Å². The van der Waals surface area contributed by atoms with Crippen LogP contribution in [0.4, 0.5) is 17.2 Å². The first-order chi connectivity index (χ1) is 15.8. The zero-order chi connectivity index (χ0) is 23.4. The highest BCUT2D eigenvalue weighted by Gasteiger charge is 2.33. The number of ether oxygens (including phenoxy) is 1. The molecule has 4 rings (SSSR count). The van der Waals surface area contributed by atoms with Crippen molar-refractivity contribution in [2.75, 3.05) is 30.3 Å². The number of hydrogen-bond acceptors (Lipinski definition) is 7. The summed E-state index contributed by atoms with van der Waals surface area (Å²) < 4.78 is 6.07. The lowest BCUT2D eigenvalue weighted by Gasteiger charge is -2.40. The first kappa shape index (κ1) is 22.9. The summed E-state index contributed by atoms with van der Waals surface area (Å²) in [6.07, 6.45) is 4.73. The van der Waals surface area contributed by atoms with Gasteiger partial charge in [-0.15, -0.1) is 0 Å². The number of esters is 1. The number of nitrogens with one attached hydrogen (secondary N) is 2. The first-order valence-electron chi connectivity index (χ1n) is 10.5. The molecule has 1 aliphatic heterocycles. The Morgan fingerprint density at radius 1 is 1.21 bits per heavy atom. The van der Waals surface area contributed by atoms with E-state index in [1.165, 1.54) is 12.4 Å². The first-order valence-corrected chi connectivity index (χ1v) is 11.2. The maximum absolute atomic E-state index is 12.5. The van der Waals surface area contributed by atoms with Gasteiger partial charge in [-0.05, 0) is 50.2 Å². The van der Waals surface area contributed by atoms with E-state index in [2.05, 4.69) is 36.5 Å². The maximum atomic E-state index is 12.5. The van der Waals surface area contributed by atoms with E-state index in [0.29, 0.717) is 24.7 Å². The van der Waals surface area contributed by atoms with Crippen molar-refractivity contribution < 1.29 is 14.3 Å². The molecule has 2 N–H and O–H groups in total. The lowest BCUT2D eigenvalue weighted by atomic mass is 10.0. The van der Waals surface area contributed by atoms with Gasteiger partial charge in [0, 0.05) is 33.9 Å². The number of carbonyl (C=O) groups excluding carboxylic acids is 2. The molecule has 0 bridgehead atoms. The fourth-order valence-corrected chi connectivity index (χ4v) is 3.88. The summed E-state index contributed by atoms with van der Waals surface area (Å²) in [7, 11) is 0. The number of fused-ring (bicyclic) bond motifs is 1. The van der Waals surface area contributed by atoms with Gasteiger partial charge in [-0.1, -0.05) is 28.1 Å². The molecule has 9 heteroatoms. The van der Waals surface area contributed by atoms with E-state index in [0.717, 1.165) is 21.1 Å². The van der Waals surface area contributed by atoms with Crippen molar-refractivity contribution in [1.29, 1.82) is 0 Å². The molecule has 0 aliphatic carbocycles. The molecule has 8 nitrogen and oxygen atoms in total. The van der Waals surface area contributed by atoms with Crippen LogP contribution in [0.2, 0.25) is 0 Å². The average molecular weight is 510 g/mol. The van der Waals surface area contributed by atoms with Gasteiger partial charge >= 0.3 is 5.97 Å². The van der Waals surface area contributed by atoms with Crippen molar-refractivity contribution in [2.45, 2.75) is 19.4 Å². The number of benzene rings is 2. The van der Waals surface area contributed by atoms with Crippen LogP contribution < -0.4 is 10.6 Å². The summed E-state index contributed by atoms with van der Waals surface area (Å²) in [5, 5.41) is 6.96. The van der Waals surface area contributed by atoms with Gasteiger partial charge in [-0.2, -0.15) is 0 Å². The van der Waals surface area contributed by atoms with Crippen LogP contribution in [-0.2, 0) is 14.3 Å². The quantitative estimate of drug-likeness (QED) is 0.378. The fourth-order valence-electron chi connectivity index (χ4n) is 3.48. The number of cyclic esters (lactones) is 1. The van der Waals surface area contributed by atoms with Crippen molar-refractivity contribution in [3.8, 4) is 0 Å². The monoisotopic (exact) mass is 509 g/mol. The van der Waals surface area contributed by atoms with E-state index >= 15 is 0 Å². The number of hydrogen-bond donors (Lipinski definition) is 2. The Kier molecular flexibility index (Phi) is 6.71. The topological polar surface area (TPSA) is 96.5 Å². The van der Waals surface area contributed by atoms with Crippen molar-refractivity contribution in [3.63, 3.8) is 0 Å². The number of carbonyl (C=O) groups is 2. The van der Waals surface area contributed by atoms with Crippen LogP contribution in [0.25, 0.3) is 10.9 Å². The van der Waals surface area contributed by atoms with Gasteiger partial charge in [0.05, 0.1) is 17.6 Å². The smallest absolute Gasteiger partial charge is 0.320 e. The average Bonchev–Trinajstić information content (AvgIpc) is 2.77. The molecule has 33 heavy (non-hydrogen) atoms. The van der Waals surface area contributed by atoms with Crippen LogP contribution in [0.1, 0.15) is 13.8 Å². The van der Waals surface area contributed by atoms with Gasteiger partial charge in [-0.25, -0.2) is 9.97 Å². The summed E-state index contributed by atoms with van der Waals surface area (Å²) >= 11 is 3.47. The van der Waals surface area contributed by atoms with Crippen LogP contribution in [0.3, 0.4) is 0 Å². The summed E-state index contributed by atoms with van der Waals surface area (Å²) in [5.74, 6) is 0.131. The summed E-state index contributed by atoms with van der Waals surface area (Å²) in [4.78, 5) is 34.7. The molecule has 0 saturated carbocycles. The van der Waals surface area contributed by atoms with Crippen LogP contribution in [-0.4, -0.2) is 52.0 Å². The highest BCUT2D eigenvalue weighted by atomic mass is 79.9. The van der Waals surface area contributed by atoms with Crippen LogP contribution in [0, 0.1) is 0 Å². The molecule has 1 aromatic heterocycles. The summed E-state index contributed by atoms with van der Waals surface area (Å²) in [6, 6.07) is 13.2. The molecule has 1 saturated heterocycles. The Morgan fingerprint density at radius 2 is 2.06 bits per heavy atom. The Balaban J connectivity index is 1.45. The maximum Gasteiger partial charge on any atom is 0.320 e.